The average Bonchev–Trinajstić information content (AvgIpc) is 3.17. The first-order chi connectivity index (χ1) is 12.6. The number of nitrogens with one attached hydrogen (secondary N) is 1. The van der Waals surface area contributed by atoms with Crippen molar-refractivity contribution < 1.29 is 19.1 Å². The van der Waals surface area contributed by atoms with E-state index in [0.29, 0.717) is 16.8 Å². The molecule has 2 aromatic carbocycles. The topological polar surface area (TPSA) is 75.7 Å². The molecule has 0 saturated carbocycles. The number of carbonyl (C=O) groups is 3. The Kier molecular flexibility index (Phi) is 4.16. The number of hydrogen-bond donors (Lipinski definition) is 1. The molecule has 0 bridgehead atoms. The van der Waals surface area contributed by atoms with Crippen LogP contribution >= 0.6 is 0 Å². The minimum atomic E-state index is -0.588. The van der Waals surface area contributed by atoms with Gasteiger partial charge in [0, 0.05) is 12.1 Å². The lowest BCUT2D eigenvalue weighted by atomic mass is 10.1. The molecule has 4 rings (SSSR count). The summed E-state index contributed by atoms with van der Waals surface area (Å²) in [7, 11) is 0. The van der Waals surface area contributed by atoms with E-state index in [1.807, 2.05) is 12.1 Å². The number of ketones is 1. The molecular formula is C20H18N2O4. The number of Topliss-reactive ketones (excluding diaryl/α,β-unsaturated/α-hetero) is 1. The summed E-state index contributed by atoms with van der Waals surface area (Å²) in [5.74, 6) is -0.889. The molecule has 6 nitrogen and oxygen atoms in total. The number of anilines is 2. The molecule has 0 aliphatic carbocycles. The van der Waals surface area contributed by atoms with Gasteiger partial charge in [0.05, 0.1) is 16.9 Å². The first-order valence-electron chi connectivity index (χ1n) is 8.60. The number of benzene rings is 2. The van der Waals surface area contributed by atoms with E-state index < -0.39 is 5.97 Å². The van der Waals surface area contributed by atoms with Crippen LogP contribution in [-0.4, -0.2) is 36.9 Å². The first kappa shape index (κ1) is 16.3. The first-order valence-corrected chi connectivity index (χ1v) is 8.60. The van der Waals surface area contributed by atoms with Crippen LogP contribution in [-0.2, 0) is 9.53 Å². The lowest BCUT2D eigenvalue weighted by molar-refractivity contribution is -0.117. The minimum absolute atomic E-state index is 0.0419. The van der Waals surface area contributed by atoms with Crippen LogP contribution in [0.5, 0.6) is 0 Å². The van der Waals surface area contributed by atoms with Crippen LogP contribution < -0.4 is 10.2 Å². The Morgan fingerprint density at radius 1 is 1.12 bits per heavy atom. The molecule has 2 heterocycles. The van der Waals surface area contributed by atoms with Crippen molar-refractivity contribution in [3.05, 3.63) is 59.7 Å². The van der Waals surface area contributed by atoms with Crippen molar-refractivity contribution in [2.75, 3.05) is 23.4 Å². The van der Waals surface area contributed by atoms with Gasteiger partial charge >= 0.3 is 5.97 Å². The molecule has 1 atom stereocenters. The number of rotatable bonds is 4. The van der Waals surface area contributed by atoms with Gasteiger partial charge in [-0.15, -0.1) is 0 Å². The number of nitrogens with zero attached hydrogens (tertiary/aromatic N) is 1. The highest BCUT2D eigenvalue weighted by Crippen LogP contribution is 2.37. The highest BCUT2D eigenvalue weighted by Gasteiger charge is 2.36. The van der Waals surface area contributed by atoms with Crippen LogP contribution in [0.1, 0.15) is 33.6 Å². The predicted octanol–water partition coefficient (Wildman–Crippen LogP) is 2.65. The van der Waals surface area contributed by atoms with E-state index in [9.17, 15) is 14.4 Å². The summed E-state index contributed by atoms with van der Waals surface area (Å²) < 4.78 is 5.13. The van der Waals surface area contributed by atoms with Gasteiger partial charge in [0.25, 0.3) is 0 Å². The molecule has 132 valence electrons. The van der Waals surface area contributed by atoms with E-state index in [4.69, 9.17) is 4.74 Å². The maximum atomic E-state index is 12.3. The second-order valence-electron chi connectivity index (χ2n) is 6.44. The zero-order chi connectivity index (χ0) is 18.1. The van der Waals surface area contributed by atoms with Crippen LogP contribution in [0.25, 0.3) is 0 Å². The van der Waals surface area contributed by atoms with Crippen LogP contribution in [0.3, 0.4) is 0 Å². The Balaban J connectivity index is 1.47. The summed E-state index contributed by atoms with van der Waals surface area (Å²) >= 11 is 0. The van der Waals surface area contributed by atoms with Gasteiger partial charge in [0.15, 0.2) is 12.4 Å². The number of amides is 1. The standard InChI is InChI=1S/C20H18N2O4/c23-18(13-5-2-1-3-6-13)12-26-20(25)14-8-9-16-15(11-14)21-19(24)17-7-4-10-22(16)17/h1-3,5-6,8-9,11,17H,4,7,10,12H2,(H,21,24)/t17-/m0/s1. The normalized spacial score (nSPS) is 17.9. The summed E-state index contributed by atoms with van der Waals surface area (Å²) in [5.41, 5.74) is 2.33. The van der Waals surface area contributed by atoms with Gasteiger partial charge in [-0.25, -0.2) is 4.79 Å². The van der Waals surface area contributed by atoms with Crippen LogP contribution in [0.2, 0.25) is 0 Å². The molecule has 26 heavy (non-hydrogen) atoms. The smallest absolute Gasteiger partial charge is 0.338 e. The van der Waals surface area contributed by atoms with Gasteiger partial charge < -0.3 is 15.0 Å². The molecule has 1 saturated heterocycles. The van der Waals surface area contributed by atoms with E-state index in [1.165, 1.54) is 0 Å². The second kappa shape index (κ2) is 6.63. The lowest BCUT2D eigenvalue weighted by Crippen LogP contribution is -2.43. The largest absolute Gasteiger partial charge is 0.454 e. The van der Waals surface area contributed by atoms with E-state index in [0.717, 1.165) is 25.1 Å². The fourth-order valence-corrected chi connectivity index (χ4v) is 3.48. The Labute approximate surface area is 150 Å². The van der Waals surface area contributed by atoms with Crippen molar-refractivity contribution in [2.24, 2.45) is 0 Å². The third kappa shape index (κ3) is 2.94. The van der Waals surface area contributed by atoms with Gasteiger partial charge in [0.1, 0.15) is 6.04 Å². The van der Waals surface area contributed by atoms with Crippen LogP contribution in [0.15, 0.2) is 48.5 Å². The molecule has 2 aliphatic heterocycles. The summed E-state index contributed by atoms with van der Waals surface area (Å²) in [6.45, 7) is 0.515. The molecule has 0 spiro atoms. The zero-order valence-electron chi connectivity index (χ0n) is 14.1. The highest BCUT2D eigenvalue weighted by atomic mass is 16.5. The SMILES string of the molecule is O=C(COC(=O)c1ccc2c(c1)NC(=O)[C@@H]1CCCN21)c1ccccc1. The second-order valence-corrected chi connectivity index (χ2v) is 6.44. The van der Waals surface area contributed by atoms with Gasteiger partial charge in [-0.1, -0.05) is 30.3 Å². The molecule has 1 amide bonds. The summed E-state index contributed by atoms with van der Waals surface area (Å²) in [6.07, 6.45) is 1.82. The number of ether oxygens (including phenoxy) is 1. The average molecular weight is 350 g/mol. The zero-order valence-corrected chi connectivity index (χ0v) is 14.1. The Morgan fingerprint density at radius 2 is 1.92 bits per heavy atom. The van der Waals surface area contributed by atoms with Gasteiger partial charge in [-0.3, -0.25) is 9.59 Å². The summed E-state index contributed by atoms with van der Waals surface area (Å²) in [6, 6.07) is 13.7. The van der Waals surface area contributed by atoms with Crippen molar-refractivity contribution in [2.45, 2.75) is 18.9 Å². The summed E-state index contributed by atoms with van der Waals surface area (Å²) in [4.78, 5) is 38.6. The maximum Gasteiger partial charge on any atom is 0.338 e. The van der Waals surface area contributed by atoms with Crippen LogP contribution in [0, 0.1) is 0 Å². The van der Waals surface area contributed by atoms with E-state index in [1.54, 1.807) is 36.4 Å². The van der Waals surface area contributed by atoms with Crippen molar-refractivity contribution in [1.29, 1.82) is 0 Å². The van der Waals surface area contributed by atoms with E-state index >= 15 is 0 Å². The molecule has 6 heteroatoms. The van der Waals surface area contributed by atoms with Gasteiger partial charge in [0.2, 0.25) is 5.91 Å². The fourth-order valence-electron chi connectivity index (χ4n) is 3.48. The number of carbonyl (C=O) groups excluding carboxylic acids is 3. The van der Waals surface area contributed by atoms with Crippen molar-refractivity contribution in [1.82, 2.24) is 0 Å². The van der Waals surface area contributed by atoms with Crippen molar-refractivity contribution in [3.8, 4) is 0 Å². The monoisotopic (exact) mass is 350 g/mol. The van der Waals surface area contributed by atoms with E-state index in [2.05, 4.69) is 10.2 Å². The predicted molar refractivity (Wildman–Crippen MR) is 96.5 cm³/mol. The quantitative estimate of drug-likeness (QED) is 0.678. The number of hydrogen-bond acceptors (Lipinski definition) is 5. The molecule has 2 aromatic rings. The molecule has 0 unspecified atom stereocenters. The molecule has 0 aromatic heterocycles. The minimum Gasteiger partial charge on any atom is -0.454 e. The van der Waals surface area contributed by atoms with E-state index in [-0.39, 0.29) is 24.3 Å². The lowest BCUT2D eigenvalue weighted by Gasteiger charge is -2.33. The number of fused-ring (bicyclic) bond motifs is 3. The van der Waals surface area contributed by atoms with Crippen molar-refractivity contribution in [3.63, 3.8) is 0 Å². The maximum absolute atomic E-state index is 12.3. The third-order valence-corrected chi connectivity index (χ3v) is 4.79. The third-order valence-electron chi connectivity index (χ3n) is 4.79. The molecule has 1 fully saturated rings. The summed E-state index contributed by atoms with van der Waals surface area (Å²) in [5, 5.41) is 2.86. The Bertz CT molecular complexity index is 879. The van der Waals surface area contributed by atoms with Gasteiger partial charge in [-0.2, -0.15) is 0 Å². The molecule has 2 aliphatic rings. The van der Waals surface area contributed by atoms with Crippen molar-refractivity contribution >= 4 is 29.0 Å². The van der Waals surface area contributed by atoms with Crippen LogP contribution in [0.4, 0.5) is 11.4 Å². The Morgan fingerprint density at radius 3 is 2.73 bits per heavy atom. The molecule has 1 N–H and O–H groups in total. The van der Waals surface area contributed by atoms with Gasteiger partial charge in [-0.05, 0) is 31.0 Å². The fraction of sp³-hybridized carbons (Fsp3) is 0.250. The highest BCUT2D eigenvalue weighted by molar-refractivity contribution is 6.06. The Hall–Kier alpha value is -3.15. The molecular weight excluding hydrogens is 332 g/mol. The number of esters is 1. The molecule has 0 radical (unpaired) electrons.